The van der Waals surface area contributed by atoms with E-state index >= 15 is 0 Å². The molecular formula is C20H25N2O3S+. The second-order valence-corrected chi connectivity index (χ2v) is 9.32. The third kappa shape index (κ3) is 3.46. The molecule has 0 aromatic heterocycles. The lowest BCUT2D eigenvalue weighted by atomic mass is 10.0. The highest BCUT2D eigenvalue weighted by molar-refractivity contribution is 7.93. The molecule has 0 radical (unpaired) electrons. The van der Waals surface area contributed by atoms with Gasteiger partial charge < -0.3 is 0 Å². The van der Waals surface area contributed by atoms with Gasteiger partial charge in [-0.2, -0.15) is 0 Å². The van der Waals surface area contributed by atoms with E-state index in [1.807, 2.05) is 45.0 Å². The SMILES string of the molecule is CC(C)(C)/[N+](O)=C/c1ccccc1S(=O)(=O)N1CCCc2ccccc21. The lowest BCUT2D eigenvalue weighted by Crippen LogP contribution is -2.36. The quantitative estimate of drug-likeness (QED) is 0.388. The van der Waals surface area contributed by atoms with Gasteiger partial charge in [-0.3, -0.25) is 9.51 Å². The van der Waals surface area contributed by atoms with Crippen LogP contribution in [-0.2, 0) is 16.4 Å². The largest absolute Gasteiger partial charge is 0.290 e. The van der Waals surface area contributed by atoms with Crippen molar-refractivity contribution in [2.24, 2.45) is 0 Å². The number of sulfonamides is 1. The van der Waals surface area contributed by atoms with Crippen LogP contribution in [0.5, 0.6) is 0 Å². The van der Waals surface area contributed by atoms with Crippen molar-refractivity contribution in [1.29, 1.82) is 0 Å². The molecule has 26 heavy (non-hydrogen) atoms. The molecule has 0 saturated carbocycles. The zero-order chi connectivity index (χ0) is 18.9. The molecule has 0 amide bonds. The average Bonchev–Trinajstić information content (AvgIpc) is 2.60. The molecule has 1 N–H and O–H groups in total. The van der Waals surface area contributed by atoms with Crippen molar-refractivity contribution >= 4 is 21.9 Å². The number of fused-ring (bicyclic) bond motifs is 1. The minimum Gasteiger partial charge on any atom is -0.290 e. The number of rotatable bonds is 3. The Morgan fingerprint density at radius 3 is 2.46 bits per heavy atom. The number of hydrogen-bond donors (Lipinski definition) is 1. The fraction of sp³-hybridized carbons (Fsp3) is 0.350. The van der Waals surface area contributed by atoms with E-state index in [4.69, 9.17) is 0 Å². The molecule has 1 aliphatic heterocycles. The summed E-state index contributed by atoms with van der Waals surface area (Å²) in [4.78, 5) is 0.194. The zero-order valence-corrected chi connectivity index (χ0v) is 16.2. The predicted molar refractivity (Wildman–Crippen MR) is 103 cm³/mol. The maximum absolute atomic E-state index is 13.4. The van der Waals surface area contributed by atoms with Crippen LogP contribution in [0.3, 0.4) is 0 Å². The fourth-order valence-corrected chi connectivity index (χ4v) is 4.73. The van der Waals surface area contributed by atoms with Crippen LogP contribution in [0.4, 0.5) is 5.69 Å². The van der Waals surface area contributed by atoms with E-state index in [1.54, 1.807) is 24.3 Å². The molecule has 0 bridgehead atoms. The van der Waals surface area contributed by atoms with Gasteiger partial charge in [0.25, 0.3) is 10.0 Å². The van der Waals surface area contributed by atoms with Gasteiger partial charge >= 0.3 is 0 Å². The summed E-state index contributed by atoms with van der Waals surface area (Å²) >= 11 is 0. The van der Waals surface area contributed by atoms with Crippen LogP contribution >= 0.6 is 0 Å². The normalized spacial score (nSPS) is 15.7. The molecule has 2 aromatic rings. The lowest BCUT2D eigenvalue weighted by Gasteiger charge is -2.30. The van der Waals surface area contributed by atoms with E-state index in [0.717, 1.165) is 28.8 Å². The summed E-state index contributed by atoms with van der Waals surface area (Å²) in [6, 6.07) is 14.4. The second kappa shape index (κ2) is 6.76. The van der Waals surface area contributed by atoms with E-state index < -0.39 is 15.6 Å². The zero-order valence-electron chi connectivity index (χ0n) is 15.4. The van der Waals surface area contributed by atoms with Gasteiger partial charge in [0.1, 0.15) is 4.90 Å². The molecule has 0 saturated heterocycles. The highest BCUT2D eigenvalue weighted by atomic mass is 32.2. The number of benzene rings is 2. The van der Waals surface area contributed by atoms with Crippen LogP contribution in [0.2, 0.25) is 0 Å². The number of hydrogen-bond acceptors (Lipinski definition) is 3. The molecule has 2 aromatic carbocycles. The summed E-state index contributed by atoms with van der Waals surface area (Å²) in [6.07, 6.45) is 3.14. The van der Waals surface area contributed by atoms with Gasteiger partial charge in [-0.1, -0.05) is 30.3 Å². The molecule has 6 heteroatoms. The van der Waals surface area contributed by atoms with Gasteiger partial charge in [0, 0.05) is 27.3 Å². The van der Waals surface area contributed by atoms with E-state index in [-0.39, 0.29) is 4.90 Å². The third-order valence-corrected chi connectivity index (χ3v) is 6.39. The number of hydroxylamine groups is 1. The molecule has 1 heterocycles. The van der Waals surface area contributed by atoms with Crippen molar-refractivity contribution in [2.75, 3.05) is 10.8 Å². The summed E-state index contributed by atoms with van der Waals surface area (Å²) in [5.41, 5.74) is 1.72. The summed E-state index contributed by atoms with van der Waals surface area (Å²) in [5, 5.41) is 10.3. The number of aryl methyl sites for hydroxylation is 1. The number of anilines is 1. The fourth-order valence-electron chi connectivity index (χ4n) is 3.01. The number of para-hydroxylation sites is 1. The van der Waals surface area contributed by atoms with Gasteiger partial charge in [0.15, 0.2) is 0 Å². The van der Waals surface area contributed by atoms with Gasteiger partial charge in [-0.05, 0) is 41.3 Å². The maximum atomic E-state index is 13.4. The molecule has 0 fully saturated rings. The van der Waals surface area contributed by atoms with Crippen LogP contribution in [0.1, 0.15) is 38.3 Å². The monoisotopic (exact) mass is 373 g/mol. The molecule has 3 rings (SSSR count). The molecule has 0 spiro atoms. The first-order valence-corrected chi connectivity index (χ1v) is 10.2. The molecule has 0 unspecified atom stereocenters. The predicted octanol–water partition coefficient (Wildman–Crippen LogP) is 3.45. The van der Waals surface area contributed by atoms with Crippen molar-refractivity contribution in [3.05, 3.63) is 59.7 Å². The third-order valence-electron chi connectivity index (χ3n) is 4.50. The standard InChI is InChI=1S/C20H25N2O3S/c1-20(2,3)22(23)15-17-10-5-7-13-19(17)26(24,25)21-14-8-11-16-9-4-6-12-18(16)21/h4-7,9-10,12-13,15,23H,8,11,14H2,1-3H3/q+1/b22-15-. The van der Waals surface area contributed by atoms with Crippen LogP contribution in [-0.4, -0.2) is 36.7 Å². The molecule has 5 nitrogen and oxygen atoms in total. The molecule has 0 aliphatic carbocycles. The lowest BCUT2D eigenvalue weighted by molar-refractivity contribution is -0.816. The Balaban J connectivity index is 2.11. The van der Waals surface area contributed by atoms with Crippen LogP contribution in [0.25, 0.3) is 0 Å². The van der Waals surface area contributed by atoms with Crippen molar-refractivity contribution < 1.29 is 18.4 Å². The second-order valence-electron chi connectivity index (χ2n) is 7.49. The van der Waals surface area contributed by atoms with Crippen LogP contribution < -0.4 is 4.31 Å². The molecule has 138 valence electrons. The summed E-state index contributed by atoms with van der Waals surface area (Å²) < 4.78 is 29.3. The number of nitrogens with zero attached hydrogens (tertiary/aromatic N) is 2. The van der Waals surface area contributed by atoms with Crippen molar-refractivity contribution in [3.63, 3.8) is 0 Å². The summed E-state index contributed by atoms with van der Waals surface area (Å²) in [7, 11) is -3.73. The summed E-state index contributed by atoms with van der Waals surface area (Å²) in [5.74, 6) is 0. The Bertz CT molecular complexity index is 944. The van der Waals surface area contributed by atoms with E-state index in [9.17, 15) is 13.6 Å². The van der Waals surface area contributed by atoms with Crippen LogP contribution in [0.15, 0.2) is 53.4 Å². The summed E-state index contributed by atoms with van der Waals surface area (Å²) in [6.45, 7) is 6.00. The maximum Gasteiger partial charge on any atom is 0.265 e. The first-order chi connectivity index (χ1) is 12.2. The van der Waals surface area contributed by atoms with E-state index in [2.05, 4.69) is 0 Å². The molecule has 1 aliphatic rings. The first kappa shape index (κ1) is 18.5. The van der Waals surface area contributed by atoms with E-state index in [1.165, 1.54) is 10.5 Å². The van der Waals surface area contributed by atoms with Gasteiger partial charge in [0.2, 0.25) is 11.8 Å². The Morgan fingerprint density at radius 2 is 1.73 bits per heavy atom. The Hall–Kier alpha value is -2.34. The topological polar surface area (TPSA) is 60.6 Å². The highest BCUT2D eigenvalue weighted by Crippen LogP contribution is 2.32. The highest BCUT2D eigenvalue weighted by Gasteiger charge is 2.32. The first-order valence-electron chi connectivity index (χ1n) is 8.74. The van der Waals surface area contributed by atoms with Gasteiger partial charge in [-0.25, -0.2) is 8.42 Å². The smallest absolute Gasteiger partial charge is 0.265 e. The van der Waals surface area contributed by atoms with Gasteiger partial charge in [0.05, 0.1) is 11.3 Å². The van der Waals surface area contributed by atoms with Crippen LogP contribution in [0, 0.1) is 0 Å². The molecular weight excluding hydrogens is 348 g/mol. The van der Waals surface area contributed by atoms with Gasteiger partial charge in [-0.15, -0.1) is 0 Å². The van der Waals surface area contributed by atoms with E-state index in [0.29, 0.717) is 12.1 Å². The Kier molecular flexibility index (Phi) is 4.80. The Morgan fingerprint density at radius 1 is 1.08 bits per heavy atom. The minimum absolute atomic E-state index is 0.194. The Labute approximate surface area is 155 Å². The van der Waals surface area contributed by atoms with Crippen molar-refractivity contribution in [1.82, 2.24) is 0 Å². The molecule has 0 atom stereocenters. The average molecular weight is 373 g/mol. The minimum atomic E-state index is -3.73. The van der Waals surface area contributed by atoms with Crippen molar-refractivity contribution in [2.45, 2.75) is 44.0 Å². The van der Waals surface area contributed by atoms with Crippen molar-refractivity contribution in [3.8, 4) is 0 Å².